The van der Waals surface area contributed by atoms with Gasteiger partial charge in [-0.15, -0.1) is 0 Å². The molecule has 0 spiro atoms. The van der Waals surface area contributed by atoms with Crippen LogP contribution in [-0.2, 0) is 0 Å². The van der Waals surface area contributed by atoms with Gasteiger partial charge in [0.2, 0.25) is 0 Å². The molecular weight excluding hydrogens is 262 g/mol. The molecule has 1 aromatic heterocycles. The van der Waals surface area contributed by atoms with Crippen molar-refractivity contribution in [3.8, 4) is 0 Å². The van der Waals surface area contributed by atoms with Crippen LogP contribution in [0.5, 0.6) is 0 Å². The van der Waals surface area contributed by atoms with Crippen molar-refractivity contribution in [2.24, 2.45) is 5.41 Å². The highest BCUT2D eigenvalue weighted by molar-refractivity contribution is 5.95. The molecule has 1 aliphatic carbocycles. The Morgan fingerprint density at radius 1 is 1.38 bits per heavy atom. The molecule has 3 N–H and O–H groups in total. The summed E-state index contributed by atoms with van der Waals surface area (Å²) in [6.07, 6.45) is 6.13. The van der Waals surface area contributed by atoms with Gasteiger partial charge in [0.15, 0.2) is 0 Å². The Morgan fingerprint density at radius 3 is 2.62 bits per heavy atom. The van der Waals surface area contributed by atoms with Crippen LogP contribution in [0.1, 0.15) is 74.8 Å². The maximum atomic E-state index is 12.4. The van der Waals surface area contributed by atoms with E-state index >= 15 is 0 Å². The van der Waals surface area contributed by atoms with Gasteiger partial charge in [0.25, 0.3) is 5.91 Å². The summed E-state index contributed by atoms with van der Waals surface area (Å²) in [6.45, 7) is 7.09. The quantitative estimate of drug-likeness (QED) is 0.872. The van der Waals surface area contributed by atoms with Gasteiger partial charge in [-0.3, -0.25) is 4.79 Å². The average Bonchev–Trinajstić information content (AvgIpc) is 2.93. The predicted octanol–water partition coefficient (Wildman–Crippen LogP) is 3.49. The monoisotopic (exact) mass is 289 g/mol. The summed E-state index contributed by atoms with van der Waals surface area (Å²) < 4.78 is 0. The first kappa shape index (κ1) is 15.8. The van der Waals surface area contributed by atoms with E-state index in [0.29, 0.717) is 16.8 Å². The Labute approximate surface area is 127 Å². The Morgan fingerprint density at radius 2 is 2.05 bits per heavy atom. The fourth-order valence-electron chi connectivity index (χ4n) is 3.15. The van der Waals surface area contributed by atoms with E-state index in [2.05, 4.69) is 17.2 Å². The fraction of sp³-hybridized carbons (Fsp3) is 0.647. The summed E-state index contributed by atoms with van der Waals surface area (Å²) in [7, 11) is 0. The molecule has 0 aliphatic heterocycles. The van der Waals surface area contributed by atoms with Gasteiger partial charge < -0.3 is 11.1 Å². The van der Waals surface area contributed by atoms with Crippen molar-refractivity contribution >= 4 is 11.7 Å². The molecule has 1 amide bonds. The van der Waals surface area contributed by atoms with Crippen LogP contribution in [0.3, 0.4) is 0 Å². The number of carbonyl (C=O) groups excluding carboxylic acids is 1. The van der Waals surface area contributed by atoms with Crippen molar-refractivity contribution < 1.29 is 4.79 Å². The third-order valence-electron chi connectivity index (χ3n) is 4.76. The summed E-state index contributed by atoms with van der Waals surface area (Å²) >= 11 is 0. The number of carbonyl (C=O) groups is 1. The van der Waals surface area contributed by atoms with E-state index in [-0.39, 0.29) is 11.8 Å². The molecule has 0 aromatic carbocycles. The lowest BCUT2D eigenvalue weighted by molar-refractivity contribution is 0.0928. The van der Waals surface area contributed by atoms with E-state index in [1.807, 2.05) is 19.9 Å². The predicted molar refractivity (Wildman–Crippen MR) is 86.3 cm³/mol. The van der Waals surface area contributed by atoms with Crippen LogP contribution in [-0.4, -0.2) is 17.4 Å². The molecule has 1 aliphatic rings. The van der Waals surface area contributed by atoms with Gasteiger partial charge >= 0.3 is 0 Å². The lowest BCUT2D eigenvalue weighted by Crippen LogP contribution is -2.35. The van der Waals surface area contributed by atoms with Crippen LogP contribution in [0.15, 0.2) is 12.1 Å². The van der Waals surface area contributed by atoms with Crippen molar-refractivity contribution in [3.63, 3.8) is 0 Å². The van der Waals surface area contributed by atoms with Crippen molar-refractivity contribution in [3.05, 3.63) is 23.4 Å². The van der Waals surface area contributed by atoms with Crippen LogP contribution in [0, 0.1) is 5.41 Å². The molecule has 1 saturated carbocycles. The number of rotatable bonds is 5. The number of amides is 1. The maximum absolute atomic E-state index is 12.4. The summed E-state index contributed by atoms with van der Waals surface area (Å²) in [5, 5.41) is 3.10. The van der Waals surface area contributed by atoms with E-state index in [4.69, 9.17) is 5.73 Å². The highest BCUT2D eigenvalue weighted by Crippen LogP contribution is 2.40. The normalized spacial score (nSPS) is 17.1. The fourth-order valence-corrected chi connectivity index (χ4v) is 3.15. The second kappa shape index (κ2) is 6.46. The molecule has 21 heavy (non-hydrogen) atoms. The van der Waals surface area contributed by atoms with Gasteiger partial charge in [-0.2, -0.15) is 0 Å². The Kier molecular flexibility index (Phi) is 4.86. The molecule has 1 aromatic rings. The van der Waals surface area contributed by atoms with Crippen LogP contribution in [0.25, 0.3) is 0 Å². The largest absolute Gasteiger partial charge is 0.384 e. The highest BCUT2D eigenvalue weighted by atomic mass is 16.1. The minimum atomic E-state index is -0.0364. The van der Waals surface area contributed by atoms with Crippen molar-refractivity contribution in [1.82, 2.24) is 10.3 Å². The molecule has 0 unspecified atom stereocenters. The summed E-state index contributed by atoms with van der Waals surface area (Å²) in [5.41, 5.74) is 7.60. The lowest BCUT2D eigenvalue weighted by atomic mass is 9.83. The van der Waals surface area contributed by atoms with Gasteiger partial charge in [0, 0.05) is 17.8 Å². The number of nitrogens with one attached hydrogen (secondary N) is 1. The molecular formula is C17H27N3O. The van der Waals surface area contributed by atoms with E-state index in [0.717, 1.165) is 18.7 Å². The molecule has 116 valence electrons. The zero-order valence-electron chi connectivity index (χ0n) is 13.4. The van der Waals surface area contributed by atoms with Gasteiger partial charge in [0.1, 0.15) is 5.82 Å². The average molecular weight is 289 g/mol. The minimum Gasteiger partial charge on any atom is -0.384 e. The van der Waals surface area contributed by atoms with Gasteiger partial charge in [-0.1, -0.05) is 33.6 Å². The standard InChI is InChI=1S/C17H27N3O/c1-4-17(7-5-6-8-17)11-19-16(21)13-9-14(12(2)3)20-15(18)10-13/h9-10,12H,4-8,11H2,1-3H3,(H2,18,20)(H,19,21). The molecule has 1 fully saturated rings. The van der Waals surface area contributed by atoms with Gasteiger partial charge in [-0.25, -0.2) is 4.98 Å². The summed E-state index contributed by atoms with van der Waals surface area (Å²) in [5.74, 6) is 0.639. The first-order valence-corrected chi connectivity index (χ1v) is 8.01. The molecule has 0 saturated heterocycles. The zero-order valence-corrected chi connectivity index (χ0v) is 13.4. The SMILES string of the molecule is CCC1(CNC(=O)c2cc(N)nc(C(C)C)c2)CCCC1. The molecule has 2 rings (SSSR count). The van der Waals surface area contributed by atoms with E-state index in [1.54, 1.807) is 6.07 Å². The zero-order chi connectivity index (χ0) is 15.5. The molecule has 0 bridgehead atoms. The molecule has 4 heteroatoms. The van der Waals surface area contributed by atoms with Crippen molar-refractivity contribution in [2.75, 3.05) is 12.3 Å². The summed E-state index contributed by atoms with van der Waals surface area (Å²) in [4.78, 5) is 16.7. The van der Waals surface area contributed by atoms with E-state index in [9.17, 15) is 4.79 Å². The van der Waals surface area contributed by atoms with Crippen molar-refractivity contribution in [1.29, 1.82) is 0 Å². The van der Waals surface area contributed by atoms with Crippen LogP contribution < -0.4 is 11.1 Å². The number of anilines is 1. The molecule has 0 atom stereocenters. The Balaban J connectivity index is 2.06. The molecule has 0 radical (unpaired) electrons. The van der Waals surface area contributed by atoms with Crippen LogP contribution in [0.2, 0.25) is 0 Å². The number of hydrogen-bond acceptors (Lipinski definition) is 3. The number of pyridine rings is 1. The first-order valence-electron chi connectivity index (χ1n) is 8.01. The third kappa shape index (κ3) is 3.74. The van der Waals surface area contributed by atoms with E-state index in [1.165, 1.54) is 25.7 Å². The van der Waals surface area contributed by atoms with Gasteiger partial charge in [-0.05, 0) is 42.7 Å². The Bertz CT molecular complexity index is 505. The van der Waals surface area contributed by atoms with Crippen LogP contribution >= 0.6 is 0 Å². The second-order valence-corrected chi connectivity index (χ2v) is 6.60. The molecule has 4 nitrogen and oxygen atoms in total. The third-order valence-corrected chi connectivity index (χ3v) is 4.76. The highest BCUT2D eigenvalue weighted by Gasteiger charge is 2.32. The van der Waals surface area contributed by atoms with Crippen molar-refractivity contribution in [2.45, 2.75) is 58.8 Å². The van der Waals surface area contributed by atoms with E-state index < -0.39 is 0 Å². The topological polar surface area (TPSA) is 68.0 Å². The summed E-state index contributed by atoms with van der Waals surface area (Å²) in [6, 6.07) is 3.51. The number of hydrogen-bond donors (Lipinski definition) is 2. The Hall–Kier alpha value is -1.58. The maximum Gasteiger partial charge on any atom is 0.251 e. The molecule has 1 heterocycles. The number of nitrogen functional groups attached to an aromatic ring is 1. The smallest absolute Gasteiger partial charge is 0.251 e. The number of aromatic nitrogens is 1. The minimum absolute atomic E-state index is 0.0364. The second-order valence-electron chi connectivity index (χ2n) is 6.60. The first-order chi connectivity index (χ1) is 9.96. The number of nitrogens with two attached hydrogens (primary N) is 1. The van der Waals surface area contributed by atoms with Gasteiger partial charge in [0.05, 0.1) is 0 Å². The van der Waals surface area contributed by atoms with Crippen LogP contribution in [0.4, 0.5) is 5.82 Å². The lowest BCUT2D eigenvalue weighted by Gasteiger charge is -2.27. The number of nitrogens with zero attached hydrogens (tertiary/aromatic N) is 1.